The quantitative estimate of drug-likeness (QED) is 0.0363. The fourth-order valence-corrected chi connectivity index (χ4v) is 15.2. The molecule has 1 heterocycles. The Kier molecular flexibility index (Phi) is 19.3. The highest BCUT2D eigenvalue weighted by Gasteiger charge is 2.59. The van der Waals surface area contributed by atoms with E-state index in [0.29, 0.717) is 36.8 Å². The van der Waals surface area contributed by atoms with E-state index in [4.69, 9.17) is 18.9 Å². The van der Waals surface area contributed by atoms with Crippen LogP contribution in [0.2, 0.25) is 0 Å². The van der Waals surface area contributed by atoms with Gasteiger partial charge >= 0.3 is 17.9 Å². The van der Waals surface area contributed by atoms with Gasteiger partial charge in [0.25, 0.3) is 0 Å². The van der Waals surface area contributed by atoms with E-state index >= 15 is 0 Å². The van der Waals surface area contributed by atoms with Crippen LogP contribution in [0.4, 0.5) is 0 Å². The Balaban J connectivity index is 0.827. The number of hydrogen-bond acceptors (Lipinski definition) is 9. The number of unbranched alkanes of at least 4 members (excludes halogenated alkanes) is 3. The number of esters is 2. The summed E-state index contributed by atoms with van der Waals surface area (Å²) >= 11 is 0. The van der Waals surface area contributed by atoms with E-state index in [1.54, 1.807) is 17.6 Å². The highest BCUT2D eigenvalue weighted by molar-refractivity contribution is 5.78. The van der Waals surface area contributed by atoms with Crippen molar-refractivity contribution < 1.29 is 48.3 Å². The number of aliphatic carboxylic acids is 1. The predicted molar refractivity (Wildman–Crippen MR) is 295 cm³/mol. The predicted octanol–water partition coefficient (Wildman–Crippen LogP) is 13.0. The summed E-state index contributed by atoms with van der Waals surface area (Å²) in [6, 6.07) is 25.1. The first-order valence-corrected chi connectivity index (χ1v) is 29.2. The number of aliphatic hydroxyl groups is 1. The van der Waals surface area contributed by atoms with Gasteiger partial charge in [0, 0.05) is 31.7 Å². The zero-order valence-corrected chi connectivity index (χ0v) is 46.7. The summed E-state index contributed by atoms with van der Waals surface area (Å²) in [4.78, 5) is 53.3. The summed E-state index contributed by atoms with van der Waals surface area (Å²) in [5, 5.41) is 19.2. The van der Waals surface area contributed by atoms with Crippen molar-refractivity contribution >= 4 is 23.8 Å². The van der Waals surface area contributed by atoms with Crippen LogP contribution in [-0.4, -0.2) is 77.9 Å². The summed E-state index contributed by atoms with van der Waals surface area (Å²) in [5.74, 6) is 3.15. The molecule has 0 bridgehead atoms. The molecule has 11 nitrogen and oxygen atoms in total. The molecule has 2 N–H and O–H groups in total. The first kappa shape index (κ1) is 57.2. The zero-order chi connectivity index (χ0) is 54.0. The number of methoxy groups -OCH3 is 1. The second kappa shape index (κ2) is 25.6. The third kappa shape index (κ3) is 12.9. The third-order valence-electron chi connectivity index (χ3n) is 19.4. The fraction of sp³-hybridized carbons (Fsp3) is 0.631. The van der Waals surface area contributed by atoms with Gasteiger partial charge in [0.1, 0.15) is 23.6 Å². The Morgan fingerprint density at radius 1 is 0.724 bits per heavy atom. The van der Waals surface area contributed by atoms with E-state index in [-0.39, 0.29) is 62.5 Å². The number of allylic oxidation sites excluding steroid dienone is 1. The van der Waals surface area contributed by atoms with Crippen LogP contribution in [0.15, 0.2) is 90.5 Å². The fourth-order valence-electron chi connectivity index (χ4n) is 15.2. The number of likely N-dealkylation sites (tertiary alicyclic amines) is 1. The Labute approximate surface area is 453 Å². The Hall–Kier alpha value is -5.00. The van der Waals surface area contributed by atoms with Crippen molar-refractivity contribution in [3.63, 3.8) is 0 Å². The van der Waals surface area contributed by atoms with E-state index < -0.39 is 29.6 Å². The maximum Gasteiger partial charge on any atom is 0.306 e. The highest BCUT2D eigenvalue weighted by atomic mass is 16.6. The molecule has 1 aliphatic heterocycles. The minimum Gasteiger partial charge on any atom is -0.497 e. The van der Waals surface area contributed by atoms with Crippen LogP contribution in [-0.2, 0) is 45.6 Å². The molecular weight excluding hydrogens is 955 g/mol. The maximum atomic E-state index is 13.9. The number of rotatable bonds is 25. The minimum absolute atomic E-state index is 0.0528. The van der Waals surface area contributed by atoms with Gasteiger partial charge in [-0.3, -0.25) is 19.2 Å². The molecule has 0 spiro atoms. The van der Waals surface area contributed by atoms with Crippen molar-refractivity contribution in [2.45, 2.75) is 181 Å². The molecule has 76 heavy (non-hydrogen) atoms. The van der Waals surface area contributed by atoms with Gasteiger partial charge in [-0.1, -0.05) is 145 Å². The molecule has 3 saturated carbocycles. The highest BCUT2D eigenvalue weighted by Crippen LogP contribution is 2.67. The first-order valence-electron chi connectivity index (χ1n) is 29.2. The van der Waals surface area contributed by atoms with Gasteiger partial charge < -0.3 is 34.1 Å². The average Bonchev–Trinajstić information content (AvgIpc) is 4.00. The van der Waals surface area contributed by atoms with Crippen molar-refractivity contribution in [3.05, 3.63) is 113 Å². The van der Waals surface area contributed by atoms with Crippen LogP contribution in [0.1, 0.15) is 179 Å². The first-order chi connectivity index (χ1) is 36.6. The molecule has 414 valence electrons. The van der Waals surface area contributed by atoms with E-state index in [2.05, 4.69) is 40.7 Å². The van der Waals surface area contributed by atoms with E-state index in [1.165, 1.54) is 51.4 Å². The van der Waals surface area contributed by atoms with Crippen LogP contribution in [0.3, 0.4) is 0 Å². The van der Waals surface area contributed by atoms with Crippen molar-refractivity contribution in [2.75, 3.05) is 26.8 Å². The lowest BCUT2D eigenvalue weighted by Gasteiger charge is -2.58. The summed E-state index contributed by atoms with van der Waals surface area (Å²) < 4.78 is 24.8. The summed E-state index contributed by atoms with van der Waals surface area (Å²) in [6.45, 7) is 12.9. The molecule has 5 aliphatic rings. The Bertz CT molecular complexity index is 2390. The second-order valence-electron chi connectivity index (χ2n) is 24.5. The number of carboxylic acid groups (broad SMARTS) is 1. The average molecular weight is 1040 g/mol. The van der Waals surface area contributed by atoms with Gasteiger partial charge in [0.05, 0.1) is 39.7 Å². The van der Waals surface area contributed by atoms with Crippen LogP contribution in [0, 0.1) is 52.3 Å². The summed E-state index contributed by atoms with van der Waals surface area (Å²) in [7, 11) is 1.61. The molecule has 3 aromatic carbocycles. The third-order valence-corrected chi connectivity index (χ3v) is 19.4. The number of carboxylic acids is 1. The van der Waals surface area contributed by atoms with E-state index in [0.717, 1.165) is 89.9 Å². The van der Waals surface area contributed by atoms with E-state index in [9.17, 15) is 29.4 Å². The molecule has 11 atom stereocenters. The van der Waals surface area contributed by atoms with Crippen molar-refractivity contribution in [1.29, 1.82) is 0 Å². The Morgan fingerprint density at radius 3 is 2.09 bits per heavy atom. The van der Waals surface area contributed by atoms with Gasteiger partial charge in [0.2, 0.25) is 5.91 Å². The molecule has 7 unspecified atom stereocenters. The van der Waals surface area contributed by atoms with E-state index in [1.807, 2.05) is 78.9 Å². The normalized spacial score (nSPS) is 28.1. The van der Waals surface area contributed by atoms with Crippen LogP contribution in [0.25, 0.3) is 0 Å². The van der Waals surface area contributed by atoms with Gasteiger partial charge in [-0.2, -0.15) is 0 Å². The molecule has 3 aromatic rings. The summed E-state index contributed by atoms with van der Waals surface area (Å²) in [6.07, 6.45) is 18.5. The topological polar surface area (TPSA) is 149 Å². The maximum absolute atomic E-state index is 13.9. The number of nitrogens with zero attached hydrogens (tertiary/aromatic N) is 1. The van der Waals surface area contributed by atoms with Crippen molar-refractivity contribution in [3.8, 4) is 5.75 Å². The number of amides is 1. The number of aliphatic hydroxyl groups excluding tert-OH is 1. The molecule has 11 heteroatoms. The molecule has 4 fully saturated rings. The second-order valence-corrected chi connectivity index (χ2v) is 24.5. The lowest BCUT2D eigenvalue weighted by molar-refractivity contribution is -0.154. The number of carbonyl (C=O) groups excluding carboxylic acids is 3. The van der Waals surface area contributed by atoms with Crippen LogP contribution >= 0.6 is 0 Å². The molecule has 1 saturated heterocycles. The lowest BCUT2D eigenvalue weighted by Crippen LogP contribution is -2.51. The molecule has 4 aliphatic carbocycles. The number of hydrogen-bond donors (Lipinski definition) is 2. The van der Waals surface area contributed by atoms with Crippen LogP contribution in [0.5, 0.6) is 5.75 Å². The van der Waals surface area contributed by atoms with Gasteiger partial charge in [0.15, 0.2) is 0 Å². The molecular formula is C65H89NO10. The van der Waals surface area contributed by atoms with Crippen LogP contribution < -0.4 is 4.74 Å². The van der Waals surface area contributed by atoms with Crippen molar-refractivity contribution in [1.82, 2.24) is 4.90 Å². The monoisotopic (exact) mass is 1040 g/mol. The lowest BCUT2D eigenvalue weighted by atomic mass is 9.47. The number of fused-ring (bicyclic) bond motifs is 5. The smallest absolute Gasteiger partial charge is 0.306 e. The number of ether oxygens (including phenoxy) is 4. The Morgan fingerprint density at radius 2 is 1.41 bits per heavy atom. The van der Waals surface area contributed by atoms with Gasteiger partial charge in [-0.25, -0.2) is 0 Å². The minimum atomic E-state index is -1.15. The molecule has 8 rings (SSSR count). The van der Waals surface area contributed by atoms with Crippen molar-refractivity contribution in [2.24, 2.45) is 52.3 Å². The summed E-state index contributed by atoms with van der Waals surface area (Å²) in [5.41, 5.74) is 4.31. The van der Waals surface area contributed by atoms with Gasteiger partial charge in [-0.15, -0.1) is 0 Å². The standard InChI is InChI=1S/C65H89NO10/c1-44(2)15-14-16-45(3)55-31-32-56-54-30-27-51-39-53(35-37-63(51,4)57(54)36-38-64(55,56)5)75-61(71)20-13-8-7-12-19-59(68)66-40-47(58(41-66)76-62(72)34-33-60(69)70)43-74-65(48-17-10-9-11-18-48,49-23-21-46(42-67)22-24-49)50-25-28-52(73-6)29-26-50/h9-11,17-18,21-29,44-45,47,53-58,67H,7-8,12-16,19-20,30-43H2,1-6H3,(H,69,70)/t45?,47?,53-,54?,55+,56?,57?,58?,63-,64+,65?/m0/s1. The largest absolute Gasteiger partial charge is 0.497 e. The SMILES string of the molecule is COc1ccc(C(OCC2CN(C(=O)CCCCCCC(=O)O[C@H]3CC[C@@]4(C)C(=CCC5C4CC[C@@]4(C)C5CC[C@@H]4C(C)CCCC(C)C)C3)CC2OC(=O)CCC(=O)O)(c2ccccc2)c2ccc(CO)cc2)cc1. The number of benzene rings is 3. The zero-order valence-electron chi connectivity index (χ0n) is 46.7. The molecule has 1 amide bonds. The molecule has 0 aromatic heterocycles. The molecule has 0 radical (unpaired) electrons. The number of carbonyl (C=O) groups is 4. The van der Waals surface area contributed by atoms with Gasteiger partial charge in [-0.05, 0) is 139 Å².